The summed E-state index contributed by atoms with van der Waals surface area (Å²) < 4.78 is 16.3. The smallest absolute Gasteiger partial charge is 0.236 e. The minimum absolute atomic E-state index is 0.124. The molecule has 0 spiro atoms. The molecule has 0 bridgehead atoms. The van der Waals surface area contributed by atoms with Crippen LogP contribution in [0.2, 0.25) is 10.2 Å². The monoisotopic (exact) mass is 376 g/mol. The van der Waals surface area contributed by atoms with Gasteiger partial charge in [-0.15, -0.1) is 13.2 Å². The van der Waals surface area contributed by atoms with Crippen molar-refractivity contribution in [2.24, 2.45) is 0 Å². The molecule has 0 amide bonds. The predicted molar refractivity (Wildman–Crippen MR) is 101 cm³/mol. The van der Waals surface area contributed by atoms with Crippen molar-refractivity contribution < 1.29 is 4.39 Å². The van der Waals surface area contributed by atoms with Crippen LogP contribution in [0, 0.1) is 5.82 Å². The van der Waals surface area contributed by atoms with Gasteiger partial charge in [0.05, 0.1) is 10.6 Å². The molecule has 128 valence electrons. The molecule has 2 aromatic heterocycles. The summed E-state index contributed by atoms with van der Waals surface area (Å²) in [5, 5.41) is 0.375. The third-order valence-corrected chi connectivity index (χ3v) is 4.28. The average Bonchev–Trinajstić information content (AvgIpc) is 3.02. The fourth-order valence-corrected chi connectivity index (χ4v) is 3.23. The molecular formula is C18H15Cl2FN4. The minimum atomic E-state index is -0.478. The molecule has 0 atom stereocenters. The number of halogens is 3. The van der Waals surface area contributed by atoms with Crippen LogP contribution in [0.4, 0.5) is 10.2 Å². The number of rotatable bonds is 6. The lowest BCUT2D eigenvalue weighted by atomic mass is 10.1. The van der Waals surface area contributed by atoms with Crippen molar-refractivity contribution in [3.05, 3.63) is 71.9 Å². The Hall–Kier alpha value is -2.37. The maximum absolute atomic E-state index is 14.6. The number of imidazole rings is 1. The molecule has 0 N–H and O–H groups in total. The van der Waals surface area contributed by atoms with Gasteiger partial charge in [-0.2, -0.15) is 4.98 Å². The molecule has 0 aliphatic rings. The van der Waals surface area contributed by atoms with Crippen LogP contribution in [0.5, 0.6) is 0 Å². The Balaban J connectivity index is 2.41. The second-order valence-electron chi connectivity index (χ2n) is 5.28. The van der Waals surface area contributed by atoms with Gasteiger partial charge >= 0.3 is 0 Å². The SMILES string of the molecule is C=CCN(CC=C)c1c(-c2c(F)cccc2Cl)c(Cl)nc2nccn12. The fourth-order valence-electron chi connectivity index (χ4n) is 2.72. The number of hydrogen-bond acceptors (Lipinski definition) is 3. The Morgan fingerprint density at radius 2 is 1.88 bits per heavy atom. The highest BCUT2D eigenvalue weighted by atomic mass is 35.5. The molecule has 0 aliphatic heterocycles. The van der Waals surface area contributed by atoms with E-state index in [1.807, 2.05) is 4.90 Å². The lowest BCUT2D eigenvalue weighted by molar-refractivity contribution is 0.631. The van der Waals surface area contributed by atoms with Gasteiger partial charge in [0.25, 0.3) is 0 Å². The molecule has 4 nitrogen and oxygen atoms in total. The second-order valence-corrected chi connectivity index (χ2v) is 6.04. The van der Waals surface area contributed by atoms with Gasteiger partial charge in [-0.3, -0.25) is 4.40 Å². The van der Waals surface area contributed by atoms with Crippen LogP contribution in [0.3, 0.4) is 0 Å². The van der Waals surface area contributed by atoms with E-state index in [9.17, 15) is 4.39 Å². The second kappa shape index (κ2) is 7.25. The summed E-state index contributed by atoms with van der Waals surface area (Å²) in [7, 11) is 0. The summed E-state index contributed by atoms with van der Waals surface area (Å²) in [5.74, 6) is 0.558. The van der Waals surface area contributed by atoms with Crippen LogP contribution in [-0.4, -0.2) is 27.5 Å². The van der Waals surface area contributed by atoms with E-state index in [1.54, 1.807) is 41.1 Å². The Kier molecular flexibility index (Phi) is 5.06. The topological polar surface area (TPSA) is 33.4 Å². The van der Waals surface area contributed by atoms with E-state index in [1.165, 1.54) is 6.07 Å². The number of anilines is 1. The maximum Gasteiger partial charge on any atom is 0.236 e. The van der Waals surface area contributed by atoms with Crippen molar-refractivity contribution >= 4 is 34.8 Å². The molecule has 0 radical (unpaired) electrons. The molecular weight excluding hydrogens is 362 g/mol. The van der Waals surface area contributed by atoms with E-state index >= 15 is 0 Å². The standard InChI is InChI=1S/C18H15Cl2FN4/c1-3-9-24(10-4-2)17-15(14-12(19)6-5-7-13(14)21)16(20)23-18-22-8-11-25(17)18/h3-8,11H,1-2,9-10H2. The lowest BCUT2D eigenvalue weighted by Gasteiger charge is -2.26. The number of nitrogens with zero attached hydrogens (tertiary/aromatic N) is 4. The summed E-state index contributed by atoms with van der Waals surface area (Å²) >= 11 is 12.7. The molecule has 3 aromatic rings. The largest absolute Gasteiger partial charge is 0.350 e. The van der Waals surface area contributed by atoms with Gasteiger partial charge in [-0.25, -0.2) is 9.37 Å². The van der Waals surface area contributed by atoms with Gasteiger partial charge in [0.2, 0.25) is 5.78 Å². The van der Waals surface area contributed by atoms with Crippen LogP contribution < -0.4 is 4.90 Å². The van der Waals surface area contributed by atoms with Crippen molar-refractivity contribution in [1.29, 1.82) is 0 Å². The Morgan fingerprint density at radius 3 is 2.52 bits per heavy atom. The van der Waals surface area contributed by atoms with Crippen molar-refractivity contribution in [2.45, 2.75) is 0 Å². The molecule has 0 unspecified atom stereocenters. The first kappa shape index (κ1) is 17.5. The third kappa shape index (κ3) is 3.13. The molecule has 0 fully saturated rings. The molecule has 3 rings (SSSR count). The third-order valence-electron chi connectivity index (χ3n) is 3.69. The van der Waals surface area contributed by atoms with E-state index in [0.29, 0.717) is 30.2 Å². The zero-order chi connectivity index (χ0) is 18.0. The minimum Gasteiger partial charge on any atom is -0.350 e. The summed E-state index contributed by atoms with van der Waals surface area (Å²) in [6.07, 6.45) is 6.83. The quantitative estimate of drug-likeness (QED) is 0.447. The Labute approximate surface area is 154 Å². The molecule has 1 aromatic carbocycles. The zero-order valence-corrected chi connectivity index (χ0v) is 14.8. The maximum atomic E-state index is 14.6. The van der Waals surface area contributed by atoms with E-state index in [0.717, 1.165) is 0 Å². The van der Waals surface area contributed by atoms with E-state index in [4.69, 9.17) is 23.2 Å². The van der Waals surface area contributed by atoms with E-state index in [2.05, 4.69) is 23.1 Å². The highest BCUT2D eigenvalue weighted by molar-refractivity contribution is 6.36. The van der Waals surface area contributed by atoms with Gasteiger partial charge in [-0.05, 0) is 12.1 Å². The van der Waals surface area contributed by atoms with Gasteiger partial charge in [0.1, 0.15) is 16.8 Å². The molecule has 25 heavy (non-hydrogen) atoms. The van der Waals surface area contributed by atoms with Crippen LogP contribution in [0.1, 0.15) is 0 Å². The van der Waals surface area contributed by atoms with Gasteiger partial charge in [0, 0.05) is 31.0 Å². The fraction of sp³-hybridized carbons (Fsp3) is 0.111. The van der Waals surface area contributed by atoms with Crippen LogP contribution in [0.25, 0.3) is 16.9 Å². The van der Waals surface area contributed by atoms with Crippen LogP contribution in [0.15, 0.2) is 55.9 Å². The number of fused-ring (bicyclic) bond motifs is 1. The van der Waals surface area contributed by atoms with Gasteiger partial charge < -0.3 is 4.90 Å². The summed E-state index contributed by atoms with van der Waals surface area (Å²) in [5.41, 5.74) is 0.601. The van der Waals surface area contributed by atoms with Crippen LogP contribution >= 0.6 is 23.2 Å². The van der Waals surface area contributed by atoms with E-state index < -0.39 is 5.82 Å². The molecule has 0 saturated heterocycles. The summed E-state index contributed by atoms with van der Waals surface area (Å²) in [4.78, 5) is 10.4. The highest BCUT2D eigenvalue weighted by Gasteiger charge is 2.24. The summed E-state index contributed by atoms with van der Waals surface area (Å²) in [6.45, 7) is 8.57. The van der Waals surface area contributed by atoms with E-state index in [-0.39, 0.29) is 15.7 Å². The Morgan fingerprint density at radius 1 is 1.16 bits per heavy atom. The first-order chi connectivity index (χ1) is 12.1. The number of benzene rings is 1. The molecule has 2 heterocycles. The predicted octanol–water partition coefficient (Wildman–Crippen LogP) is 5.02. The Bertz CT molecular complexity index is 921. The molecule has 0 aliphatic carbocycles. The average molecular weight is 377 g/mol. The van der Waals surface area contributed by atoms with Crippen molar-refractivity contribution in [2.75, 3.05) is 18.0 Å². The van der Waals surface area contributed by atoms with Gasteiger partial charge in [0.15, 0.2) is 0 Å². The van der Waals surface area contributed by atoms with Crippen molar-refractivity contribution in [3.63, 3.8) is 0 Å². The zero-order valence-electron chi connectivity index (χ0n) is 13.3. The first-order valence-electron chi connectivity index (χ1n) is 7.52. The number of hydrogen-bond donors (Lipinski definition) is 0. The lowest BCUT2D eigenvalue weighted by Crippen LogP contribution is -2.26. The number of aromatic nitrogens is 3. The normalized spacial score (nSPS) is 10.8. The molecule has 0 saturated carbocycles. The highest BCUT2D eigenvalue weighted by Crippen LogP contribution is 2.41. The van der Waals surface area contributed by atoms with Gasteiger partial charge in [-0.1, -0.05) is 41.4 Å². The van der Waals surface area contributed by atoms with Crippen molar-refractivity contribution in [1.82, 2.24) is 14.4 Å². The summed E-state index contributed by atoms with van der Waals surface area (Å²) in [6, 6.07) is 4.50. The van der Waals surface area contributed by atoms with Crippen LogP contribution in [-0.2, 0) is 0 Å². The van der Waals surface area contributed by atoms with Crippen molar-refractivity contribution in [3.8, 4) is 11.1 Å². The first-order valence-corrected chi connectivity index (χ1v) is 8.27. The molecule has 7 heteroatoms.